The molecule has 0 saturated carbocycles. The zero-order valence-electron chi connectivity index (χ0n) is 10.6. The maximum absolute atomic E-state index is 11.4. The fourth-order valence-electron chi connectivity index (χ4n) is 1.03. The van der Waals surface area contributed by atoms with Crippen LogP contribution in [0.15, 0.2) is 0 Å². The minimum absolute atomic E-state index is 0.00699. The zero-order chi connectivity index (χ0) is 13.4. The Bertz CT molecular complexity index is 291. The lowest BCUT2D eigenvalue weighted by Gasteiger charge is -2.24. The van der Waals surface area contributed by atoms with Gasteiger partial charge in [0.1, 0.15) is 0 Å². The number of nitrogens with one attached hydrogen (secondary N) is 2. The largest absolute Gasteiger partial charge is 0.468 e. The van der Waals surface area contributed by atoms with Gasteiger partial charge in [-0.05, 0) is 13.8 Å². The fraction of sp³-hybridized carbons (Fsp3) is 0.700. The van der Waals surface area contributed by atoms with E-state index in [-0.39, 0.29) is 25.0 Å². The number of hydrogen-bond acceptors (Lipinski definition) is 5. The van der Waals surface area contributed by atoms with E-state index >= 15 is 0 Å². The van der Waals surface area contributed by atoms with Crippen molar-refractivity contribution in [3.8, 4) is 0 Å². The van der Waals surface area contributed by atoms with Crippen molar-refractivity contribution < 1.29 is 19.1 Å². The Morgan fingerprint density at radius 3 is 2.18 bits per heavy atom. The van der Waals surface area contributed by atoms with Crippen LogP contribution in [-0.2, 0) is 19.1 Å². The van der Waals surface area contributed by atoms with Crippen molar-refractivity contribution in [3.63, 3.8) is 0 Å². The van der Waals surface area contributed by atoms with Gasteiger partial charge in [-0.15, -0.1) is 0 Å². The normalized spacial score (nSPS) is 10.2. The van der Waals surface area contributed by atoms with Crippen molar-refractivity contribution >= 4 is 17.8 Å². The van der Waals surface area contributed by atoms with Crippen LogP contribution in [0, 0.1) is 0 Å². The molecule has 0 fully saturated rings. The van der Waals surface area contributed by atoms with Gasteiger partial charge in [0.15, 0.2) is 0 Å². The smallest absolute Gasteiger partial charge is 0.319 e. The maximum atomic E-state index is 11.4. The number of nitrogens with zero attached hydrogens (tertiary/aromatic N) is 1. The Labute approximate surface area is 100 Å². The average molecular weight is 245 g/mol. The number of methoxy groups -OCH3 is 1. The van der Waals surface area contributed by atoms with E-state index in [0.717, 1.165) is 0 Å². The molecule has 0 saturated heterocycles. The van der Waals surface area contributed by atoms with Gasteiger partial charge in [-0.3, -0.25) is 30.1 Å². The summed E-state index contributed by atoms with van der Waals surface area (Å²) in [6.45, 7) is 5.03. The number of carbonyl (C=O) groups is 3. The number of esters is 1. The van der Waals surface area contributed by atoms with Crippen LogP contribution in [0.3, 0.4) is 0 Å². The van der Waals surface area contributed by atoms with Crippen LogP contribution in [0.4, 0.5) is 0 Å². The standard InChI is InChI=1S/C10H19N3O4/c1-7(2)13(6-10(16)17-4)5-9(15)12-11-8(3)14/h7H,5-6H2,1-4H3,(H,11,14)(H,12,15). The van der Waals surface area contributed by atoms with Gasteiger partial charge in [-0.2, -0.15) is 0 Å². The molecule has 0 aliphatic rings. The van der Waals surface area contributed by atoms with E-state index in [4.69, 9.17) is 0 Å². The summed E-state index contributed by atoms with van der Waals surface area (Å²) in [6, 6.07) is 0.0113. The Kier molecular flexibility index (Phi) is 6.88. The average Bonchev–Trinajstić information content (AvgIpc) is 2.25. The number of rotatable bonds is 5. The van der Waals surface area contributed by atoms with Crippen molar-refractivity contribution in [2.45, 2.75) is 26.8 Å². The molecule has 0 aliphatic carbocycles. The van der Waals surface area contributed by atoms with E-state index in [1.165, 1.54) is 14.0 Å². The lowest BCUT2D eigenvalue weighted by molar-refractivity contribution is -0.143. The first kappa shape index (κ1) is 15.4. The second-order valence-electron chi connectivity index (χ2n) is 3.80. The molecule has 0 aromatic carbocycles. The van der Waals surface area contributed by atoms with E-state index in [1.54, 1.807) is 4.90 Å². The lowest BCUT2D eigenvalue weighted by atomic mass is 10.3. The predicted octanol–water partition coefficient (Wildman–Crippen LogP) is -0.963. The summed E-state index contributed by atoms with van der Waals surface area (Å²) < 4.78 is 4.53. The van der Waals surface area contributed by atoms with Crippen molar-refractivity contribution in [1.29, 1.82) is 0 Å². The SMILES string of the molecule is COC(=O)CN(CC(=O)NNC(C)=O)C(C)C. The number of ether oxygens (including phenoxy) is 1. The van der Waals surface area contributed by atoms with Crippen LogP contribution >= 0.6 is 0 Å². The summed E-state index contributed by atoms with van der Waals surface area (Å²) in [5.74, 6) is -1.16. The molecule has 0 bridgehead atoms. The molecule has 98 valence electrons. The molecule has 0 heterocycles. The second kappa shape index (κ2) is 7.61. The molecule has 17 heavy (non-hydrogen) atoms. The third-order valence-electron chi connectivity index (χ3n) is 2.01. The molecule has 2 N–H and O–H groups in total. The third kappa shape index (κ3) is 7.29. The second-order valence-corrected chi connectivity index (χ2v) is 3.80. The minimum Gasteiger partial charge on any atom is -0.468 e. The highest BCUT2D eigenvalue weighted by Gasteiger charge is 2.17. The van der Waals surface area contributed by atoms with E-state index in [9.17, 15) is 14.4 Å². The Morgan fingerprint density at radius 2 is 1.76 bits per heavy atom. The molecule has 0 aromatic rings. The lowest BCUT2D eigenvalue weighted by Crippen LogP contribution is -2.48. The van der Waals surface area contributed by atoms with Gasteiger partial charge < -0.3 is 4.74 Å². The van der Waals surface area contributed by atoms with Gasteiger partial charge in [0.05, 0.1) is 20.2 Å². The van der Waals surface area contributed by atoms with Gasteiger partial charge in [0.25, 0.3) is 5.91 Å². The first-order valence-corrected chi connectivity index (χ1v) is 5.23. The van der Waals surface area contributed by atoms with E-state index in [2.05, 4.69) is 15.6 Å². The molecule has 0 rings (SSSR count). The molecule has 0 aromatic heterocycles. The van der Waals surface area contributed by atoms with Crippen LogP contribution in [0.2, 0.25) is 0 Å². The molecular weight excluding hydrogens is 226 g/mol. The molecule has 0 aliphatic heterocycles. The summed E-state index contributed by atoms with van der Waals surface area (Å²) in [5, 5.41) is 0. The zero-order valence-corrected chi connectivity index (χ0v) is 10.6. The van der Waals surface area contributed by atoms with Crippen LogP contribution in [0.25, 0.3) is 0 Å². The third-order valence-corrected chi connectivity index (χ3v) is 2.01. The van der Waals surface area contributed by atoms with E-state index in [0.29, 0.717) is 0 Å². The van der Waals surface area contributed by atoms with Gasteiger partial charge in [-0.1, -0.05) is 0 Å². The molecule has 0 spiro atoms. The minimum atomic E-state index is -0.411. The summed E-state index contributed by atoms with van der Waals surface area (Å²) >= 11 is 0. The Morgan fingerprint density at radius 1 is 1.18 bits per heavy atom. The van der Waals surface area contributed by atoms with Crippen LogP contribution in [0.1, 0.15) is 20.8 Å². The summed E-state index contributed by atoms with van der Waals surface area (Å²) in [4.78, 5) is 34.7. The molecule has 0 radical (unpaired) electrons. The van der Waals surface area contributed by atoms with Gasteiger partial charge in [0.2, 0.25) is 5.91 Å². The monoisotopic (exact) mass is 245 g/mol. The number of carbonyl (C=O) groups excluding carboxylic acids is 3. The van der Waals surface area contributed by atoms with Crippen LogP contribution in [-0.4, -0.2) is 48.9 Å². The predicted molar refractivity (Wildman–Crippen MR) is 60.7 cm³/mol. The van der Waals surface area contributed by atoms with Crippen molar-refractivity contribution in [3.05, 3.63) is 0 Å². The molecule has 0 atom stereocenters. The van der Waals surface area contributed by atoms with Crippen molar-refractivity contribution in [2.75, 3.05) is 20.2 Å². The number of hydrogen-bond donors (Lipinski definition) is 2. The fourth-order valence-corrected chi connectivity index (χ4v) is 1.03. The van der Waals surface area contributed by atoms with E-state index < -0.39 is 11.9 Å². The quantitative estimate of drug-likeness (QED) is 0.481. The summed E-state index contributed by atoms with van der Waals surface area (Å²) in [7, 11) is 1.29. The number of hydrazine groups is 1. The highest BCUT2D eigenvalue weighted by atomic mass is 16.5. The molecule has 7 nitrogen and oxygen atoms in total. The van der Waals surface area contributed by atoms with E-state index in [1.807, 2.05) is 13.8 Å². The first-order valence-electron chi connectivity index (χ1n) is 5.23. The molecule has 0 unspecified atom stereocenters. The molecular formula is C10H19N3O4. The molecule has 7 heteroatoms. The first-order chi connectivity index (χ1) is 7.86. The van der Waals surface area contributed by atoms with Gasteiger partial charge in [0, 0.05) is 13.0 Å². The van der Waals surface area contributed by atoms with Crippen LogP contribution in [0.5, 0.6) is 0 Å². The highest BCUT2D eigenvalue weighted by Crippen LogP contribution is 1.97. The van der Waals surface area contributed by atoms with Gasteiger partial charge >= 0.3 is 5.97 Å². The number of amides is 2. The Balaban J connectivity index is 4.20. The van der Waals surface area contributed by atoms with Gasteiger partial charge in [-0.25, -0.2) is 0 Å². The highest BCUT2D eigenvalue weighted by molar-refractivity contribution is 5.82. The Hall–Kier alpha value is -1.63. The van der Waals surface area contributed by atoms with Crippen LogP contribution < -0.4 is 10.9 Å². The topological polar surface area (TPSA) is 87.7 Å². The van der Waals surface area contributed by atoms with Crippen molar-refractivity contribution in [2.24, 2.45) is 0 Å². The summed E-state index contributed by atoms with van der Waals surface area (Å²) in [6.07, 6.45) is 0. The maximum Gasteiger partial charge on any atom is 0.319 e. The summed E-state index contributed by atoms with van der Waals surface area (Å²) in [5.41, 5.74) is 4.40. The molecule has 2 amide bonds. The van der Waals surface area contributed by atoms with Crippen molar-refractivity contribution in [1.82, 2.24) is 15.8 Å².